The van der Waals surface area contributed by atoms with Crippen molar-refractivity contribution in [2.75, 3.05) is 26.2 Å². The van der Waals surface area contributed by atoms with Crippen LogP contribution in [-0.4, -0.2) is 61.8 Å². The summed E-state index contributed by atoms with van der Waals surface area (Å²) in [6.07, 6.45) is 6.31. The van der Waals surface area contributed by atoms with Gasteiger partial charge in [-0.25, -0.2) is 0 Å². The van der Waals surface area contributed by atoms with Crippen LogP contribution in [0.15, 0.2) is 36.7 Å². The summed E-state index contributed by atoms with van der Waals surface area (Å²) in [5, 5.41) is 16.5. The molecule has 0 saturated carbocycles. The van der Waals surface area contributed by atoms with Gasteiger partial charge < -0.3 is 10.2 Å². The molecule has 3 aromatic rings. The Hall–Kier alpha value is -2.87. The SMILES string of the molecule is O=C1CC(CN2CCC(c3nnc4ccc(-c5cccnc5)nn34)CC2)CN1. The van der Waals surface area contributed by atoms with Crippen molar-refractivity contribution in [2.45, 2.75) is 25.2 Å². The average Bonchev–Trinajstić information content (AvgIpc) is 3.35. The number of piperidine rings is 1. The molecule has 144 valence electrons. The number of fused-ring (bicyclic) bond motifs is 1. The molecule has 1 unspecified atom stereocenters. The third kappa shape index (κ3) is 3.35. The van der Waals surface area contributed by atoms with Crippen molar-refractivity contribution in [3.63, 3.8) is 0 Å². The second-order valence-electron chi connectivity index (χ2n) is 7.74. The van der Waals surface area contributed by atoms with Gasteiger partial charge in [0.2, 0.25) is 5.91 Å². The molecule has 28 heavy (non-hydrogen) atoms. The van der Waals surface area contributed by atoms with Crippen LogP contribution in [0.1, 0.15) is 31.0 Å². The number of hydrogen-bond acceptors (Lipinski definition) is 6. The maximum absolute atomic E-state index is 11.4. The molecule has 0 aliphatic carbocycles. The van der Waals surface area contributed by atoms with Crippen LogP contribution in [0.25, 0.3) is 16.9 Å². The second-order valence-corrected chi connectivity index (χ2v) is 7.74. The number of nitrogens with one attached hydrogen (secondary N) is 1. The van der Waals surface area contributed by atoms with E-state index in [-0.39, 0.29) is 5.91 Å². The largest absolute Gasteiger partial charge is 0.356 e. The predicted molar refractivity (Wildman–Crippen MR) is 104 cm³/mol. The zero-order valence-electron chi connectivity index (χ0n) is 15.7. The smallest absolute Gasteiger partial charge is 0.220 e. The Morgan fingerprint density at radius 3 is 2.79 bits per heavy atom. The molecule has 8 nitrogen and oxygen atoms in total. The molecule has 1 amide bonds. The summed E-state index contributed by atoms with van der Waals surface area (Å²) < 4.78 is 1.89. The van der Waals surface area contributed by atoms with E-state index >= 15 is 0 Å². The van der Waals surface area contributed by atoms with E-state index in [0.717, 1.165) is 61.7 Å². The molecule has 1 atom stereocenters. The first-order valence-electron chi connectivity index (χ1n) is 9.88. The zero-order chi connectivity index (χ0) is 18.9. The van der Waals surface area contributed by atoms with Gasteiger partial charge in [-0.05, 0) is 56.1 Å². The molecule has 0 radical (unpaired) electrons. The summed E-state index contributed by atoms with van der Waals surface area (Å²) in [5.74, 6) is 1.93. The van der Waals surface area contributed by atoms with E-state index in [9.17, 15) is 4.79 Å². The van der Waals surface area contributed by atoms with Crippen LogP contribution in [0.5, 0.6) is 0 Å². The van der Waals surface area contributed by atoms with E-state index in [1.807, 2.05) is 35.0 Å². The molecule has 2 fully saturated rings. The van der Waals surface area contributed by atoms with E-state index in [1.165, 1.54) is 0 Å². The Kier molecular flexibility index (Phi) is 4.48. The Bertz CT molecular complexity index is 979. The topological polar surface area (TPSA) is 88.3 Å². The van der Waals surface area contributed by atoms with Gasteiger partial charge in [-0.15, -0.1) is 10.2 Å². The van der Waals surface area contributed by atoms with Crippen LogP contribution in [0.2, 0.25) is 0 Å². The zero-order valence-corrected chi connectivity index (χ0v) is 15.7. The van der Waals surface area contributed by atoms with E-state index in [1.54, 1.807) is 6.20 Å². The fourth-order valence-electron chi connectivity index (χ4n) is 4.26. The molecule has 2 saturated heterocycles. The minimum atomic E-state index is 0.185. The van der Waals surface area contributed by atoms with Crippen molar-refractivity contribution < 1.29 is 4.79 Å². The molecule has 5 heterocycles. The minimum Gasteiger partial charge on any atom is -0.356 e. The first-order valence-corrected chi connectivity index (χ1v) is 9.88. The highest BCUT2D eigenvalue weighted by Gasteiger charge is 2.28. The number of likely N-dealkylation sites (tertiary alicyclic amines) is 1. The Morgan fingerprint density at radius 1 is 1.14 bits per heavy atom. The fourth-order valence-corrected chi connectivity index (χ4v) is 4.26. The molecule has 0 bridgehead atoms. The Morgan fingerprint density at radius 2 is 2.04 bits per heavy atom. The minimum absolute atomic E-state index is 0.185. The maximum Gasteiger partial charge on any atom is 0.220 e. The molecule has 1 N–H and O–H groups in total. The van der Waals surface area contributed by atoms with Crippen molar-refractivity contribution in [1.82, 2.24) is 35.0 Å². The lowest BCUT2D eigenvalue weighted by Gasteiger charge is -2.32. The van der Waals surface area contributed by atoms with Crippen molar-refractivity contribution in [3.8, 4) is 11.3 Å². The third-order valence-corrected chi connectivity index (χ3v) is 5.78. The van der Waals surface area contributed by atoms with Gasteiger partial charge in [-0.2, -0.15) is 9.61 Å². The van der Waals surface area contributed by atoms with Gasteiger partial charge in [0.05, 0.1) is 5.69 Å². The van der Waals surface area contributed by atoms with Crippen LogP contribution >= 0.6 is 0 Å². The predicted octanol–water partition coefficient (Wildman–Crippen LogP) is 1.50. The van der Waals surface area contributed by atoms with Gasteiger partial charge in [0.15, 0.2) is 11.5 Å². The van der Waals surface area contributed by atoms with Gasteiger partial charge in [0.25, 0.3) is 0 Å². The van der Waals surface area contributed by atoms with Crippen molar-refractivity contribution in [3.05, 3.63) is 42.5 Å². The van der Waals surface area contributed by atoms with Gasteiger partial charge in [-0.1, -0.05) is 0 Å². The van der Waals surface area contributed by atoms with E-state index in [2.05, 4.69) is 25.4 Å². The van der Waals surface area contributed by atoms with E-state index < -0.39 is 0 Å². The molecule has 2 aliphatic rings. The Labute approximate surface area is 163 Å². The van der Waals surface area contributed by atoms with Crippen LogP contribution in [-0.2, 0) is 4.79 Å². The first kappa shape index (κ1) is 17.2. The quantitative estimate of drug-likeness (QED) is 0.741. The van der Waals surface area contributed by atoms with Gasteiger partial charge in [0, 0.05) is 43.4 Å². The summed E-state index contributed by atoms with van der Waals surface area (Å²) in [4.78, 5) is 18.1. The third-order valence-electron chi connectivity index (χ3n) is 5.78. The number of pyridine rings is 1. The van der Waals surface area contributed by atoms with Gasteiger partial charge >= 0.3 is 0 Å². The van der Waals surface area contributed by atoms with Crippen molar-refractivity contribution in [1.29, 1.82) is 0 Å². The summed E-state index contributed by atoms with van der Waals surface area (Å²) >= 11 is 0. The highest BCUT2D eigenvalue weighted by molar-refractivity contribution is 5.78. The van der Waals surface area contributed by atoms with Crippen molar-refractivity contribution >= 4 is 11.6 Å². The average molecular weight is 377 g/mol. The number of amides is 1. The monoisotopic (exact) mass is 377 g/mol. The van der Waals surface area contributed by atoms with Crippen LogP contribution in [0.3, 0.4) is 0 Å². The summed E-state index contributed by atoms with van der Waals surface area (Å²) in [6.45, 7) is 3.85. The number of nitrogens with zero attached hydrogens (tertiary/aromatic N) is 6. The molecule has 0 spiro atoms. The summed E-state index contributed by atoms with van der Waals surface area (Å²) in [5.41, 5.74) is 2.64. The molecule has 2 aliphatic heterocycles. The normalized spacial score (nSPS) is 21.3. The molecule has 3 aromatic heterocycles. The lowest BCUT2D eigenvalue weighted by molar-refractivity contribution is -0.119. The van der Waals surface area contributed by atoms with Crippen molar-refractivity contribution in [2.24, 2.45) is 5.92 Å². The standard InChI is InChI=1S/C20H23N7O/c28-19-10-14(11-22-19)13-26-8-5-15(6-9-26)20-24-23-18-4-3-17(25-27(18)20)16-2-1-7-21-12-16/h1-4,7,12,14-15H,5-6,8-11,13H2,(H,22,28). The number of carbonyl (C=O) groups is 1. The lowest BCUT2D eigenvalue weighted by atomic mass is 9.95. The van der Waals surface area contributed by atoms with Gasteiger partial charge in [-0.3, -0.25) is 9.78 Å². The lowest BCUT2D eigenvalue weighted by Crippen LogP contribution is -2.37. The molecule has 5 rings (SSSR count). The van der Waals surface area contributed by atoms with E-state index in [4.69, 9.17) is 5.10 Å². The highest BCUT2D eigenvalue weighted by Crippen LogP contribution is 2.28. The summed E-state index contributed by atoms with van der Waals surface area (Å²) in [7, 11) is 0. The number of hydrogen-bond donors (Lipinski definition) is 1. The Balaban J connectivity index is 1.31. The highest BCUT2D eigenvalue weighted by atomic mass is 16.1. The second kappa shape index (κ2) is 7.27. The molecule has 8 heteroatoms. The van der Waals surface area contributed by atoms with Crippen LogP contribution < -0.4 is 5.32 Å². The molecule has 0 aromatic carbocycles. The number of carbonyl (C=O) groups excluding carboxylic acids is 1. The first-order chi connectivity index (χ1) is 13.8. The molecular formula is C20H23N7O. The summed E-state index contributed by atoms with van der Waals surface area (Å²) in [6, 6.07) is 7.85. The van der Waals surface area contributed by atoms with Crippen LogP contribution in [0.4, 0.5) is 0 Å². The number of rotatable bonds is 4. The van der Waals surface area contributed by atoms with E-state index in [0.29, 0.717) is 18.3 Å². The van der Waals surface area contributed by atoms with Gasteiger partial charge in [0.1, 0.15) is 0 Å². The number of aromatic nitrogens is 5. The van der Waals surface area contributed by atoms with Crippen LogP contribution in [0, 0.1) is 5.92 Å². The maximum atomic E-state index is 11.4. The fraction of sp³-hybridized carbons (Fsp3) is 0.450. The molecular weight excluding hydrogens is 354 g/mol.